The molecule has 0 radical (unpaired) electrons. The molecule has 0 saturated carbocycles. The van der Waals surface area contributed by atoms with Gasteiger partial charge in [0.15, 0.2) is 5.79 Å². The Bertz CT molecular complexity index is 967. The fourth-order valence-electron chi connectivity index (χ4n) is 4.06. The largest absolute Gasteiger partial charge is 0.370 e. The van der Waals surface area contributed by atoms with Gasteiger partial charge in [0.05, 0.1) is 23.7 Å². The number of ether oxygens (including phenoxy) is 3. The summed E-state index contributed by atoms with van der Waals surface area (Å²) in [5.74, 6) is -1.32. The fraction of sp³-hybridized carbons (Fsp3) is 0.391. The van der Waals surface area contributed by atoms with Crippen LogP contribution in [-0.2, 0) is 14.2 Å². The molecule has 2 N–H and O–H groups in total. The second-order valence-electron chi connectivity index (χ2n) is 8.19. The first kappa shape index (κ1) is 21.8. The van der Waals surface area contributed by atoms with Crippen LogP contribution in [-0.4, -0.2) is 55.1 Å². The number of hydrogen-bond donors (Lipinski definition) is 2. The van der Waals surface area contributed by atoms with E-state index >= 15 is 0 Å². The van der Waals surface area contributed by atoms with Crippen molar-refractivity contribution in [2.24, 2.45) is 0 Å². The number of halogens is 1. The molecule has 31 heavy (non-hydrogen) atoms. The van der Waals surface area contributed by atoms with Gasteiger partial charge in [0.1, 0.15) is 17.8 Å². The molecule has 0 aromatic heterocycles. The van der Waals surface area contributed by atoms with E-state index in [1.807, 2.05) is 32.0 Å². The number of benzene rings is 2. The topological polar surface area (TPSA) is 85.9 Å². The molecule has 0 unspecified atom stereocenters. The highest BCUT2D eigenvalue weighted by atomic mass is 35.5. The van der Waals surface area contributed by atoms with Gasteiger partial charge >= 0.3 is 0 Å². The second-order valence-corrected chi connectivity index (χ2v) is 8.60. The Labute approximate surface area is 186 Å². The summed E-state index contributed by atoms with van der Waals surface area (Å²) in [5.41, 5.74) is 0.122. The monoisotopic (exact) mass is 444 g/mol. The Hall–Kier alpha value is -2.45. The molecule has 2 fully saturated rings. The average molecular weight is 445 g/mol. The molecule has 8 heteroatoms. The fourth-order valence-corrected chi connectivity index (χ4v) is 4.28. The van der Waals surface area contributed by atoms with Crippen molar-refractivity contribution < 1.29 is 23.8 Å². The van der Waals surface area contributed by atoms with E-state index in [1.165, 1.54) is 0 Å². The van der Waals surface area contributed by atoms with Gasteiger partial charge in [-0.05, 0) is 38.1 Å². The van der Waals surface area contributed by atoms with Crippen molar-refractivity contribution in [3.05, 3.63) is 70.7 Å². The highest BCUT2D eigenvalue weighted by Crippen LogP contribution is 2.43. The van der Waals surface area contributed by atoms with Gasteiger partial charge in [0, 0.05) is 12.1 Å². The van der Waals surface area contributed by atoms with E-state index in [1.54, 1.807) is 36.4 Å². The van der Waals surface area contributed by atoms with Gasteiger partial charge in [-0.2, -0.15) is 0 Å². The maximum Gasteiger partial charge on any atom is 0.252 e. The van der Waals surface area contributed by atoms with E-state index in [2.05, 4.69) is 10.6 Å². The Morgan fingerprint density at radius 2 is 1.74 bits per heavy atom. The molecule has 0 spiro atoms. The zero-order valence-corrected chi connectivity index (χ0v) is 18.1. The van der Waals surface area contributed by atoms with Crippen LogP contribution < -0.4 is 10.6 Å². The number of fused-ring (bicyclic) bond motifs is 1. The molecule has 2 aliphatic heterocycles. The first-order valence-corrected chi connectivity index (χ1v) is 10.5. The molecule has 0 aliphatic carbocycles. The van der Waals surface area contributed by atoms with Crippen molar-refractivity contribution in [3.63, 3.8) is 0 Å². The summed E-state index contributed by atoms with van der Waals surface area (Å²) in [6.45, 7) is 4.34. The zero-order chi connectivity index (χ0) is 22.1. The van der Waals surface area contributed by atoms with Gasteiger partial charge in [-0.25, -0.2) is 0 Å². The normalized spacial score (nSPS) is 26.3. The summed E-state index contributed by atoms with van der Waals surface area (Å²) in [7, 11) is 0. The number of carbonyl (C=O) groups excluding carboxylic acids is 2. The van der Waals surface area contributed by atoms with Crippen LogP contribution in [0, 0.1) is 0 Å². The molecule has 164 valence electrons. The molecule has 2 heterocycles. The molecule has 2 aliphatic rings. The van der Waals surface area contributed by atoms with Crippen molar-refractivity contribution >= 4 is 23.4 Å². The Balaban J connectivity index is 1.42. The van der Waals surface area contributed by atoms with Crippen molar-refractivity contribution in [2.45, 2.75) is 37.4 Å². The molecule has 2 saturated heterocycles. The summed E-state index contributed by atoms with van der Waals surface area (Å²) in [6.07, 6.45) is -0.882. The molecule has 4 rings (SSSR count). The van der Waals surface area contributed by atoms with Crippen molar-refractivity contribution in [2.75, 3.05) is 19.7 Å². The third-order valence-electron chi connectivity index (χ3n) is 5.42. The molecule has 2 aromatic carbocycles. The lowest BCUT2D eigenvalue weighted by molar-refractivity contribution is -0.188. The molecule has 0 bridgehead atoms. The summed E-state index contributed by atoms with van der Waals surface area (Å²) in [4.78, 5) is 25.0. The molecule has 2 amide bonds. The third-order valence-corrected chi connectivity index (χ3v) is 5.75. The first-order valence-electron chi connectivity index (χ1n) is 10.2. The Kier molecular flexibility index (Phi) is 6.03. The van der Waals surface area contributed by atoms with E-state index in [4.69, 9.17) is 25.8 Å². The van der Waals surface area contributed by atoms with Gasteiger partial charge in [-0.1, -0.05) is 41.9 Å². The van der Waals surface area contributed by atoms with Gasteiger partial charge < -0.3 is 24.8 Å². The minimum absolute atomic E-state index is 0.197. The van der Waals surface area contributed by atoms with Crippen LogP contribution in [0.5, 0.6) is 0 Å². The summed E-state index contributed by atoms with van der Waals surface area (Å²) < 4.78 is 18.2. The lowest BCUT2D eigenvalue weighted by Crippen LogP contribution is -2.52. The van der Waals surface area contributed by atoms with E-state index in [0.717, 1.165) is 0 Å². The number of hydrogen-bond acceptors (Lipinski definition) is 5. The lowest BCUT2D eigenvalue weighted by Gasteiger charge is -2.27. The van der Waals surface area contributed by atoms with Gasteiger partial charge in [-0.3, -0.25) is 9.59 Å². The zero-order valence-electron chi connectivity index (χ0n) is 17.4. The predicted molar refractivity (Wildman–Crippen MR) is 115 cm³/mol. The van der Waals surface area contributed by atoms with Crippen LogP contribution in [0.25, 0.3) is 0 Å². The summed E-state index contributed by atoms with van der Waals surface area (Å²) >= 11 is 6.11. The van der Waals surface area contributed by atoms with Crippen LogP contribution in [0.15, 0.2) is 54.6 Å². The quantitative estimate of drug-likeness (QED) is 0.715. The standard InChI is InChI=1S/C23H25ClN2O5/c1-22(2)30-19-18(12-25-21(28)16-10-6-7-11-17(16)24)29-14-23(19,31-22)13-26-20(27)15-8-4-3-5-9-15/h3-11,18-19H,12-14H2,1-2H3,(H,25,28)(H,26,27)/t18-,19-,23+/m1/s1. The number of carbonyl (C=O) groups is 2. The lowest BCUT2D eigenvalue weighted by atomic mass is 9.96. The van der Waals surface area contributed by atoms with Crippen molar-refractivity contribution in [1.82, 2.24) is 10.6 Å². The Morgan fingerprint density at radius 1 is 1.03 bits per heavy atom. The first-order chi connectivity index (χ1) is 14.8. The molecular weight excluding hydrogens is 420 g/mol. The van der Waals surface area contributed by atoms with Crippen LogP contribution in [0.3, 0.4) is 0 Å². The molecule has 2 aromatic rings. The van der Waals surface area contributed by atoms with Gasteiger partial charge in [0.2, 0.25) is 0 Å². The smallest absolute Gasteiger partial charge is 0.252 e. The molecular formula is C23H25ClN2O5. The van der Waals surface area contributed by atoms with Gasteiger partial charge in [-0.15, -0.1) is 0 Å². The number of rotatable bonds is 6. The van der Waals surface area contributed by atoms with E-state index in [-0.39, 0.29) is 31.5 Å². The van der Waals surface area contributed by atoms with Gasteiger partial charge in [0.25, 0.3) is 11.8 Å². The maximum atomic E-state index is 12.5. The summed E-state index contributed by atoms with van der Waals surface area (Å²) in [5, 5.41) is 6.17. The predicted octanol–water partition coefficient (Wildman–Crippen LogP) is 2.79. The van der Waals surface area contributed by atoms with Crippen LogP contribution >= 0.6 is 11.6 Å². The van der Waals surface area contributed by atoms with Crippen LogP contribution in [0.4, 0.5) is 0 Å². The van der Waals surface area contributed by atoms with E-state index in [0.29, 0.717) is 16.1 Å². The third kappa shape index (κ3) is 4.60. The van der Waals surface area contributed by atoms with E-state index < -0.39 is 23.6 Å². The highest BCUT2D eigenvalue weighted by molar-refractivity contribution is 6.33. The highest BCUT2D eigenvalue weighted by Gasteiger charge is 2.61. The minimum atomic E-state index is -0.840. The SMILES string of the molecule is CC1(C)O[C@@H]2[C@@H](CNC(=O)c3ccccc3Cl)OC[C@]2(CNC(=O)c2ccccc2)O1. The van der Waals surface area contributed by atoms with Crippen molar-refractivity contribution in [3.8, 4) is 0 Å². The van der Waals surface area contributed by atoms with Crippen molar-refractivity contribution in [1.29, 1.82) is 0 Å². The number of amides is 2. The number of nitrogens with one attached hydrogen (secondary N) is 2. The average Bonchev–Trinajstić information content (AvgIpc) is 3.21. The maximum absolute atomic E-state index is 12.5. The molecule has 7 nitrogen and oxygen atoms in total. The van der Waals surface area contributed by atoms with Crippen LogP contribution in [0.2, 0.25) is 5.02 Å². The summed E-state index contributed by atoms with van der Waals surface area (Å²) in [6, 6.07) is 15.8. The van der Waals surface area contributed by atoms with E-state index in [9.17, 15) is 9.59 Å². The minimum Gasteiger partial charge on any atom is -0.370 e. The Morgan fingerprint density at radius 3 is 2.48 bits per heavy atom. The van der Waals surface area contributed by atoms with Crippen LogP contribution in [0.1, 0.15) is 34.6 Å². The molecule has 3 atom stereocenters. The second kappa shape index (κ2) is 8.59.